The summed E-state index contributed by atoms with van der Waals surface area (Å²) in [6.07, 6.45) is 4.77. The summed E-state index contributed by atoms with van der Waals surface area (Å²) in [6.45, 7) is 7.04. The van der Waals surface area contributed by atoms with Crippen molar-refractivity contribution in [2.24, 2.45) is 0 Å². The first kappa shape index (κ1) is 27.8. The average molecular weight is 513 g/mol. The van der Waals surface area contributed by atoms with E-state index in [0.29, 0.717) is 24.0 Å². The van der Waals surface area contributed by atoms with Gasteiger partial charge >= 0.3 is 5.97 Å². The molecule has 4 N–H and O–H groups in total. The number of aromatic nitrogens is 2. The summed E-state index contributed by atoms with van der Waals surface area (Å²) in [5.41, 5.74) is 0.863. The van der Waals surface area contributed by atoms with Crippen molar-refractivity contribution in [2.45, 2.75) is 63.4 Å². The van der Waals surface area contributed by atoms with Crippen LogP contribution in [-0.4, -0.2) is 58.9 Å². The van der Waals surface area contributed by atoms with E-state index >= 15 is 0 Å². The number of nitrogens with one attached hydrogen (secondary N) is 3. The van der Waals surface area contributed by atoms with Crippen LogP contribution in [0.4, 0.5) is 0 Å². The molecule has 0 spiro atoms. The SMILES string of the molecule is CC(C)N(C[C@@H]1CCCN1)S(=O)(=O)c1ccc2[nH]c(=O)c3[nH]ccc3c2c1.CCCC(=O)O.Cl. The average Bonchev–Trinajstić information content (AvgIpc) is 3.44. The van der Waals surface area contributed by atoms with Gasteiger partial charge in [-0.05, 0) is 63.9 Å². The van der Waals surface area contributed by atoms with Crippen LogP contribution in [-0.2, 0) is 14.8 Å². The van der Waals surface area contributed by atoms with Crippen LogP contribution in [0, 0.1) is 0 Å². The fourth-order valence-corrected chi connectivity index (χ4v) is 5.76. The predicted octanol–water partition coefficient (Wildman–Crippen LogP) is 3.45. The Hall–Kier alpha value is -2.40. The van der Waals surface area contributed by atoms with Gasteiger partial charge in [0.1, 0.15) is 5.52 Å². The zero-order valence-corrected chi connectivity index (χ0v) is 21.3. The summed E-state index contributed by atoms with van der Waals surface area (Å²) in [5, 5.41) is 12.7. The minimum atomic E-state index is -3.65. The van der Waals surface area contributed by atoms with E-state index in [-0.39, 0.29) is 34.9 Å². The van der Waals surface area contributed by atoms with Crippen molar-refractivity contribution in [3.05, 3.63) is 40.8 Å². The fourth-order valence-electron chi connectivity index (χ4n) is 4.05. The molecule has 3 aromatic rings. The largest absolute Gasteiger partial charge is 0.481 e. The monoisotopic (exact) mass is 512 g/mol. The van der Waals surface area contributed by atoms with Gasteiger partial charge in [0.05, 0.1) is 4.90 Å². The molecule has 0 unspecified atom stereocenters. The first-order valence-electron chi connectivity index (χ1n) is 11.2. The second-order valence-corrected chi connectivity index (χ2v) is 10.4. The number of pyridine rings is 1. The second kappa shape index (κ2) is 11.8. The lowest BCUT2D eigenvalue weighted by molar-refractivity contribution is -0.137. The molecule has 188 valence electrons. The Labute approximate surface area is 205 Å². The molecule has 0 bridgehead atoms. The minimum Gasteiger partial charge on any atom is -0.481 e. The normalized spacial score (nSPS) is 16.0. The van der Waals surface area contributed by atoms with E-state index in [9.17, 15) is 18.0 Å². The number of nitrogens with zero attached hydrogens (tertiary/aromatic N) is 1. The molecule has 0 saturated carbocycles. The van der Waals surface area contributed by atoms with Crippen LogP contribution in [0.1, 0.15) is 46.5 Å². The van der Waals surface area contributed by atoms with Crippen LogP contribution >= 0.6 is 12.4 Å². The Balaban J connectivity index is 0.000000521. The number of rotatable bonds is 7. The molecule has 34 heavy (non-hydrogen) atoms. The highest BCUT2D eigenvalue weighted by atomic mass is 35.5. The molecule has 1 saturated heterocycles. The Morgan fingerprint density at radius 3 is 2.53 bits per heavy atom. The molecular weight excluding hydrogens is 480 g/mol. The van der Waals surface area contributed by atoms with E-state index in [4.69, 9.17) is 5.11 Å². The van der Waals surface area contributed by atoms with E-state index in [2.05, 4.69) is 15.3 Å². The summed E-state index contributed by atoms with van der Waals surface area (Å²) >= 11 is 0. The van der Waals surface area contributed by atoms with E-state index in [1.165, 1.54) is 0 Å². The van der Waals surface area contributed by atoms with Crippen molar-refractivity contribution in [1.29, 1.82) is 0 Å². The highest BCUT2D eigenvalue weighted by Gasteiger charge is 2.30. The zero-order chi connectivity index (χ0) is 24.2. The number of H-pyrrole nitrogens is 2. The number of benzene rings is 1. The van der Waals surface area contributed by atoms with Crippen LogP contribution in [0.3, 0.4) is 0 Å². The number of hydrogen-bond donors (Lipinski definition) is 4. The standard InChI is InChI=1S/C19H24N4O3S.C4H8O2.ClH/c1-12(2)23(11-13-4-3-8-20-13)27(25,26)14-5-6-17-16(10-14)15-7-9-21-18(15)19(24)22-17;1-2-3-4(5)6;/h5-7,9-10,12-13,20-21H,3-4,8,11H2,1-2H3,(H,22,24);2-3H2,1H3,(H,5,6);1H/t13-;;/m0../s1. The molecule has 1 aliphatic heterocycles. The molecule has 1 atom stereocenters. The lowest BCUT2D eigenvalue weighted by Gasteiger charge is -2.28. The number of aliphatic carboxylic acids is 1. The number of carboxylic acids is 1. The third-order valence-corrected chi connectivity index (χ3v) is 7.75. The van der Waals surface area contributed by atoms with Crippen molar-refractivity contribution >= 4 is 50.2 Å². The number of hydrogen-bond acceptors (Lipinski definition) is 5. The Bertz CT molecular complexity index is 1280. The van der Waals surface area contributed by atoms with E-state index in [1.807, 2.05) is 20.8 Å². The number of carbonyl (C=O) groups is 1. The third kappa shape index (κ3) is 6.18. The van der Waals surface area contributed by atoms with Gasteiger partial charge in [0, 0.05) is 47.5 Å². The first-order chi connectivity index (χ1) is 15.6. The molecule has 11 heteroatoms. The number of sulfonamides is 1. The molecule has 9 nitrogen and oxygen atoms in total. The summed E-state index contributed by atoms with van der Waals surface area (Å²) in [4.78, 5) is 27.7. The molecular formula is C23H33ClN4O5S. The van der Waals surface area contributed by atoms with Crippen LogP contribution in [0.2, 0.25) is 0 Å². The van der Waals surface area contributed by atoms with Gasteiger partial charge < -0.3 is 20.4 Å². The van der Waals surface area contributed by atoms with Crippen molar-refractivity contribution < 1.29 is 18.3 Å². The van der Waals surface area contributed by atoms with Gasteiger partial charge in [-0.3, -0.25) is 9.59 Å². The van der Waals surface area contributed by atoms with E-state index in [1.54, 1.807) is 34.8 Å². The summed E-state index contributed by atoms with van der Waals surface area (Å²) < 4.78 is 28.3. The molecule has 0 radical (unpaired) electrons. The van der Waals surface area contributed by atoms with Crippen LogP contribution in [0.25, 0.3) is 21.8 Å². The molecule has 1 aromatic carbocycles. The quantitative estimate of drug-likeness (QED) is 0.383. The predicted molar refractivity (Wildman–Crippen MR) is 136 cm³/mol. The number of fused-ring (bicyclic) bond motifs is 3. The van der Waals surface area contributed by atoms with Crippen molar-refractivity contribution in [1.82, 2.24) is 19.6 Å². The smallest absolute Gasteiger partial charge is 0.303 e. The summed E-state index contributed by atoms with van der Waals surface area (Å²) in [5.74, 6) is -0.711. The van der Waals surface area contributed by atoms with Gasteiger partial charge in [0.15, 0.2) is 0 Å². The van der Waals surface area contributed by atoms with E-state index < -0.39 is 16.0 Å². The van der Waals surface area contributed by atoms with Crippen LogP contribution in [0.15, 0.2) is 40.2 Å². The summed E-state index contributed by atoms with van der Waals surface area (Å²) in [6, 6.07) is 6.75. The Morgan fingerprint density at radius 1 is 1.24 bits per heavy atom. The highest BCUT2D eigenvalue weighted by Crippen LogP contribution is 2.26. The number of halogens is 1. The molecule has 0 amide bonds. The zero-order valence-electron chi connectivity index (χ0n) is 19.6. The number of aromatic amines is 2. The lowest BCUT2D eigenvalue weighted by atomic mass is 10.1. The van der Waals surface area contributed by atoms with E-state index in [0.717, 1.165) is 36.6 Å². The topological polar surface area (TPSA) is 135 Å². The molecule has 2 aromatic heterocycles. The van der Waals surface area contributed by atoms with Crippen molar-refractivity contribution in [2.75, 3.05) is 13.1 Å². The van der Waals surface area contributed by atoms with Crippen LogP contribution in [0.5, 0.6) is 0 Å². The fraction of sp³-hybridized carbons (Fsp3) is 0.478. The Morgan fingerprint density at radius 2 is 1.97 bits per heavy atom. The molecule has 3 heterocycles. The molecule has 0 aliphatic carbocycles. The lowest BCUT2D eigenvalue weighted by Crippen LogP contribution is -2.44. The summed E-state index contributed by atoms with van der Waals surface area (Å²) in [7, 11) is -3.65. The first-order valence-corrected chi connectivity index (χ1v) is 12.7. The molecule has 1 aliphatic rings. The number of carboxylic acid groups (broad SMARTS) is 1. The van der Waals surface area contributed by atoms with Gasteiger partial charge in [-0.15, -0.1) is 12.4 Å². The highest BCUT2D eigenvalue weighted by molar-refractivity contribution is 7.89. The maximum Gasteiger partial charge on any atom is 0.303 e. The maximum absolute atomic E-state index is 13.4. The molecule has 1 fully saturated rings. The third-order valence-electron chi connectivity index (χ3n) is 5.71. The van der Waals surface area contributed by atoms with Gasteiger partial charge in [0.2, 0.25) is 10.0 Å². The van der Waals surface area contributed by atoms with Crippen LogP contribution < -0.4 is 10.9 Å². The van der Waals surface area contributed by atoms with Gasteiger partial charge in [-0.25, -0.2) is 8.42 Å². The van der Waals surface area contributed by atoms with Gasteiger partial charge in [0.25, 0.3) is 5.56 Å². The second-order valence-electron chi connectivity index (χ2n) is 8.53. The maximum atomic E-state index is 13.4. The minimum absolute atomic E-state index is 0. The van der Waals surface area contributed by atoms with Gasteiger partial charge in [-0.2, -0.15) is 4.31 Å². The molecule has 4 rings (SSSR count). The van der Waals surface area contributed by atoms with Gasteiger partial charge in [-0.1, -0.05) is 6.92 Å². The van der Waals surface area contributed by atoms with Crippen molar-refractivity contribution in [3.8, 4) is 0 Å². The Kier molecular flexibility index (Phi) is 9.69. The van der Waals surface area contributed by atoms with Crippen molar-refractivity contribution in [3.63, 3.8) is 0 Å².